The predicted molar refractivity (Wildman–Crippen MR) is 106 cm³/mol. The lowest BCUT2D eigenvalue weighted by atomic mass is 10.2. The van der Waals surface area contributed by atoms with Crippen LogP contribution in [0.25, 0.3) is 0 Å². The highest BCUT2D eigenvalue weighted by molar-refractivity contribution is 9.10. The van der Waals surface area contributed by atoms with E-state index in [1.54, 1.807) is 43.3 Å². The molecule has 0 saturated heterocycles. The number of hydrazone groups is 1. The van der Waals surface area contributed by atoms with E-state index in [1.165, 1.54) is 12.3 Å². The molecule has 0 aliphatic carbocycles. The summed E-state index contributed by atoms with van der Waals surface area (Å²) in [5.41, 5.74) is 3.45. The maximum Gasteiger partial charge on any atom is 0.262 e. The van der Waals surface area contributed by atoms with Gasteiger partial charge in [-0.25, -0.2) is 5.43 Å². The molecule has 2 aromatic rings. The van der Waals surface area contributed by atoms with Gasteiger partial charge in [0.15, 0.2) is 11.5 Å². The van der Waals surface area contributed by atoms with E-state index >= 15 is 0 Å². The summed E-state index contributed by atoms with van der Waals surface area (Å²) in [4.78, 5) is 24.3. The van der Waals surface area contributed by atoms with E-state index < -0.39 is 11.9 Å². The van der Waals surface area contributed by atoms with E-state index in [2.05, 4.69) is 31.8 Å². The van der Waals surface area contributed by atoms with Crippen LogP contribution < -0.4 is 15.5 Å². The minimum atomic E-state index is -0.777. The first-order valence-electron chi connectivity index (χ1n) is 8.26. The molecular formula is C19H20BrN3O4. The molecule has 3 N–H and O–H groups in total. The Morgan fingerprint density at radius 2 is 2.04 bits per heavy atom. The van der Waals surface area contributed by atoms with Crippen molar-refractivity contribution in [1.82, 2.24) is 10.7 Å². The number of phenols is 1. The lowest BCUT2D eigenvalue weighted by Gasteiger charge is -2.12. The van der Waals surface area contributed by atoms with Crippen LogP contribution in [0.4, 0.5) is 0 Å². The van der Waals surface area contributed by atoms with Gasteiger partial charge in [0.05, 0.1) is 18.4 Å². The third-order valence-corrected chi connectivity index (χ3v) is 4.22. The minimum absolute atomic E-state index is 0.0291. The second kappa shape index (κ2) is 9.72. The van der Waals surface area contributed by atoms with Crippen molar-refractivity contribution >= 4 is 34.0 Å². The zero-order valence-corrected chi connectivity index (χ0v) is 16.5. The number of hydrogen-bond donors (Lipinski definition) is 3. The lowest BCUT2D eigenvalue weighted by molar-refractivity contribution is -0.122. The molecule has 2 amide bonds. The molecule has 2 rings (SSSR count). The van der Waals surface area contributed by atoms with Crippen LogP contribution in [-0.2, 0) is 4.79 Å². The minimum Gasteiger partial charge on any atom is -0.504 e. The molecule has 0 aromatic heterocycles. The number of amides is 2. The average Bonchev–Trinajstić information content (AvgIpc) is 2.64. The van der Waals surface area contributed by atoms with E-state index in [0.29, 0.717) is 28.0 Å². The van der Waals surface area contributed by atoms with Crippen molar-refractivity contribution in [2.75, 3.05) is 6.61 Å². The zero-order chi connectivity index (χ0) is 19.8. The molecule has 8 heteroatoms. The van der Waals surface area contributed by atoms with Crippen LogP contribution in [0.3, 0.4) is 0 Å². The predicted octanol–water partition coefficient (Wildman–Crippen LogP) is 2.82. The van der Waals surface area contributed by atoms with Crippen molar-refractivity contribution in [2.45, 2.75) is 19.9 Å². The monoisotopic (exact) mass is 433 g/mol. The van der Waals surface area contributed by atoms with Gasteiger partial charge in [-0.2, -0.15) is 5.10 Å². The van der Waals surface area contributed by atoms with Crippen LogP contribution in [-0.4, -0.2) is 35.8 Å². The second-order valence-electron chi connectivity index (χ2n) is 5.57. The Morgan fingerprint density at radius 3 is 2.74 bits per heavy atom. The van der Waals surface area contributed by atoms with E-state index in [0.717, 1.165) is 0 Å². The van der Waals surface area contributed by atoms with E-state index in [-0.39, 0.29) is 11.7 Å². The number of hydrogen-bond acceptors (Lipinski definition) is 5. The van der Waals surface area contributed by atoms with Gasteiger partial charge in [-0.15, -0.1) is 0 Å². The molecule has 0 aliphatic heterocycles. The van der Waals surface area contributed by atoms with Crippen molar-refractivity contribution in [3.05, 3.63) is 58.1 Å². The molecule has 0 bridgehead atoms. The summed E-state index contributed by atoms with van der Waals surface area (Å²) in [6.45, 7) is 3.79. The number of nitrogens with one attached hydrogen (secondary N) is 2. The highest BCUT2D eigenvalue weighted by Gasteiger charge is 2.17. The number of ether oxygens (including phenoxy) is 1. The Hall–Kier alpha value is -2.87. The molecule has 0 radical (unpaired) electrons. The van der Waals surface area contributed by atoms with E-state index in [1.807, 2.05) is 6.92 Å². The third kappa shape index (κ3) is 5.82. The molecule has 2 aromatic carbocycles. The maximum atomic E-state index is 12.2. The summed E-state index contributed by atoms with van der Waals surface area (Å²) in [5, 5.41) is 16.1. The van der Waals surface area contributed by atoms with Crippen molar-refractivity contribution in [3.8, 4) is 11.5 Å². The number of carbonyl (C=O) groups is 2. The normalized spacial score (nSPS) is 11.8. The topological polar surface area (TPSA) is 100 Å². The number of rotatable bonds is 7. The number of phenolic OH excluding ortho intramolecular Hbond substituents is 1. The number of benzene rings is 2. The highest BCUT2D eigenvalue weighted by atomic mass is 79.9. The molecule has 1 atom stereocenters. The first-order chi connectivity index (χ1) is 12.9. The van der Waals surface area contributed by atoms with Crippen LogP contribution in [0, 0.1) is 0 Å². The largest absolute Gasteiger partial charge is 0.504 e. The van der Waals surface area contributed by atoms with Gasteiger partial charge in [-0.3, -0.25) is 9.59 Å². The molecule has 142 valence electrons. The Labute approximate surface area is 165 Å². The van der Waals surface area contributed by atoms with Gasteiger partial charge >= 0.3 is 0 Å². The Morgan fingerprint density at radius 1 is 1.30 bits per heavy atom. The van der Waals surface area contributed by atoms with Crippen LogP contribution >= 0.6 is 15.9 Å². The molecular weight excluding hydrogens is 414 g/mol. The van der Waals surface area contributed by atoms with Gasteiger partial charge in [-0.1, -0.05) is 12.1 Å². The van der Waals surface area contributed by atoms with Crippen LogP contribution in [0.5, 0.6) is 11.5 Å². The number of halogens is 1. The lowest BCUT2D eigenvalue weighted by Crippen LogP contribution is -2.43. The highest BCUT2D eigenvalue weighted by Crippen LogP contribution is 2.26. The van der Waals surface area contributed by atoms with E-state index in [4.69, 9.17) is 4.74 Å². The summed E-state index contributed by atoms with van der Waals surface area (Å²) in [7, 11) is 0. The molecule has 0 aliphatic rings. The molecule has 1 unspecified atom stereocenters. The average molecular weight is 434 g/mol. The second-order valence-corrected chi connectivity index (χ2v) is 6.42. The first kappa shape index (κ1) is 20.4. The van der Waals surface area contributed by atoms with Crippen molar-refractivity contribution in [3.63, 3.8) is 0 Å². The fraction of sp³-hybridized carbons (Fsp3) is 0.211. The van der Waals surface area contributed by atoms with Gasteiger partial charge in [0.1, 0.15) is 6.04 Å². The molecule has 0 saturated carbocycles. The number of carbonyl (C=O) groups excluding carboxylic acids is 2. The molecule has 27 heavy (non-hydrogen) atoms. The molecule has 7 nitrogen and oxygen atoms in total. The van der Waals surface area contributed by atoms with Crippen LogP contribution in [0.15, 0.2) is 52.0 Å². The van der Waals surface area contributed by atoms with Gasteiger partial charge in [0.25, 0.3) is 11.8 Å². The SMILES string of the molecule is CCOc1cc(/C=N/NC(=O)C(C)NC(=O)c2ccccc2Br)ccc1O. The smallest absolute Gasteiger partial charge is 0.262 e. The fourth-order valence-electron chi connectivity index (χ4n) is 2.13. The summed E-state index contributed by atoms with van der Waals surface area (Å²) in [5.74, 6) is -0.465. The zero-order valence-electron chi connectivity index (χ0n) is 14.9. The number of nitrogens with zero attached hydrogens (tertiary/aromatic N) is 1. The maximum absolute atomic E-state index is 12.2. The van der Waals surface area contributed by atoms with Crippen LogP contribution in [0.2, 0.25) is 0 Å². The fourth-order valence-corrected chi connectivity index (χ4v) is 2.60. The van der Waals surface area contributed by atoms with Crippen molar-refractivity contribution in [2.24, 2.45) is 5.10 Å². The third-order valence-electron chi connectivity index (χ3n) is 3.53. The summed E-state index contributed by atoms with van der Waals surface area (Å²) in [6.07, 6.45) is 1.42. The van der Waals surface area contributed by atoms with Crippen molar-refractivity contribution < 1.29 is 19.4 Å². The van der Waals surface area contributed by atoms with Gasteiger partial charge in [-0.05, 0) is 65.7 Å². The Balaban J connectivity index is 1.93. The summed E-state index contributed by atoms with van der Waals surface area (Å²) in [6, 6.07) is 10.9. The van der Waals surface area contributed by atoms with E-state index in [9.17, 15) is 14.7 Å². The van der Waals surface area contributed by atoms with Gasteiger partial charge in [0, 0.05) is 4.47 Å². The molecule has 0 heterocycles. The summed E-state index contributed by atoms with van der Waals surface area (Å²) < 4.78 is 5.93. The standard InChI is InChI=1S/C19H20BrN3O4/c1-3-27-17-10-13(8-9-16(17)24)11-21-23-18(25)12(2)22-19(26)14-6-4-5-7-15(14)20/h4-12,24H,3H2,1-2H3,(H,22,26)(H,23,25)/b21-11+. The Kier molecular flexibility index (Phi) is 7.36. The Bertz CT molecular complexity index is 855. The van der Waals surface area contributed by atoms with Crippen molar-refractivity contribution in [1.29, 1.82) is 0 Å². The molecule has 0 spiro atoms. The quantitative estimate of drug-likeness (QED) is 0.461. The van der Waals surface area contributed by atoms with Gasteiger partial charge in [0.2, 0.25) is 0 Å². The number of aromatic hydroxyl groups is 1. The van der Waals surface area contributed by atoms with Crippen LogP contribution in [0.1, 0.15) is 29.8 Å². The molecule has 0 fully saturated rings. The summed E-state index contributed by atoms with van der Waals surface area (Å²) >= 11 is 3.30. The first-order valence-corrected chi connectivity index (χ1v) is 9.05. The van der Waals surface area contributed by atoms with Gasteiger partial charge < -0.3 is 15.2 Å².